The maximum absolute atomic E-state index is 3.53. The van der Waals surface area contributed by atoms with Gasteiger partial charge in [-0.2, -0.15) is 11.8 Å². The summed E-state index contributed by atoms with van der Waals surface area (Å²) in [5.74, 6) is 1.29. The van der Waals surface area contributed by atoms with Crippen molar-refractivity contribution in [3.63, 3.8) is 0 Å². The normalized spacial score (nSPS) is 11.2. The van der Waals surface area contributed by atoms with Crippen molar-refractivity contribution >= 4 is 22.7 Å². The Bertz CT molecular complexity index is 464. The predicted molar refractivity (Wildman–Crippen MR) is 82.2 cm³/mol. The summed E-state index contributed by atoms with van der Waals surface area (Å²) in [5, 5.41) is 4.83. The first-order valence-electron chi connectivity index (χ1n) is 6.66. The highest BCUT2D eigenvalue weighted by Crippen LogP contribution is 2.16. The van der Waals surface area contributed by atoms with Crippen molar-refractivity contribution in [3.05, 3.63) is 36.0 Å². The van der Waals surface area contributed by atoms with Crippen LogP contribution in [0.4, 0.5) is 0 Å². The number of fused-ring (bicyclic) bond motifs is 1. The van der Waals surface area contributed by atoms with E-state index in [9.17, 15) is 0 Å². The number of aromatic nitrogens is 1. The lowest BCUT2D eigenvalue weighted by Crippen LogP contribution is -2.14. The van der Waals surface area contributed by atoms with E-state index in [1.54, 1.807) is 0 Å². The first-order chi connectivity index (χ1) is 8.92. The highest BCUT2D eigenvalue weighted by Gasteiger charge is 2.00. The van der Waals surface area contributed by atoms with Crippen LogP contribution in [0.3, 0.4) is 0 Å². The van der Waals surface area contributed by atoms with Crippen LogP contribution < -0.4 is 5.32 Å². The molecule has 0 bridgehead atoms. The number of aromatic amines is 1. The van der Waals surface area contributed by atoms with Crippen LogP contribution in [0.1, 0.15) is 24.8 Å². The third kappa shape index (κ3) is 3.79. The van der Waals surface area contributed by atoms with Gasteiger partial charge < -0.3 is 10.3 Å². The molecule has 1 aromatic heterocycles. The van der Waals surface area contributed by atoms with Crippen molar-refractivity contribution in [2.45, 2.75) is 25.8 Å². The van der Waals surface area contributed by atoms with Gasteiger partial charge in [0, 0.05) is 18.3 Å². The number of nitrogens with one attached hydrogen (secondary N) is 2. The zero-order valence-electron chi connectivity index (χ0n) is 11.0. The van der Waals surface area contributed by atoms with Gasteiger partial charge in [0.05, 0.1) is 0 Å². The quantitative estimate of drug-likeness (QED) is 0.708. The lowest BCUT2D eigenvalue weighted by Gasteiger charge is -2.06. The molecule has 0 saturated heterocycles. The van der Waals surface area contributed by atoms with Crippen LogP contribution >= 0.6 is 11.8 Å². The smallest absolute Gasteiger partial charge is 0.0499 e. The van der Waals surface area contributed by atoms with E-state index in [0.717, 1.165) is 13.1 Å². The lowest BCUT2D eigenvalue weighted by molar-refractivity contribution is 0.620. The van der Waals surface area contributed by atoms with E-state index in [1.807, 2.05) is 18.0 Å². The minimum atomic E-state index is 0.959. The summed E-state index contributed by atoms with van der Waals surface area (Å²) < 4.78 is 0. The molecule has 2 N–H and O–H groups in total. The van der Waals surface area contributed by atoms with Crippen LogP contribution in [0.2, 0.25) is 0 Å². The standard InChI is InChI=1S/C15H22N2S/c1-18-11-4-2-3-9-16-12-14-7-5-6-13-8-10-17-15(13)14/h5-8,10,16-17H,2-4,9,11-12H2,1H3. The van der Waals surface area contributed by atoms with E-state index in [-0.39, 0.29) is 0 Å². The molecule has 2 nitrogen and oxygen atoms in total. The summed E-state index contributed by atoms with van der Waals surface area (Å²) in [4.78, 5) is 3.31. The first kappa shape index (κ1) is 13.5. The number of rotatable bonds is 8. The number of hydrogen-bond donors (Lipinski definition) is 2. The maximum Gasteiger partial charge on any atom is 0.0499 e. The number of H-pyrrole nitrogens is 1. The molecule has 0 atom stereocenters. The Morgan fingerprint density at radius 2 is 2.11 bits per heavy atom. The van der Waals surface area contributed by atoms with Gasteiger partial charge >= 0.3 is 0 Å². The van der Waals surface area contributed by atoms with E-state index >= 15 is 0 Å². The summed E-state index contributed by atoms with van der Waals surface area (Å²) in [6, 6.07) is 8.60. The van der Waals surface area contributed by atoms with Crippen LogP contribution in [0.15, 0.2) is 30.5 Å². The van der Waals surface area contributed by atoms with Crippen molar-refractivity contribution in [1.29, 1.82) is 0 Å². The van der Waals surface area contributed by atoms with Crippen molar-refractivity contribution < 1.29 is 0 Å². The molecule has 0 radical (unpaired) electrons. The minimum Gasteiger partial charge on any atom is -0.361 e. The second kappa shape index (κ2) is 7.49. The topological polar surface area (TPSA) is 27.8 Å². The second-order valence-corrected chi connectivity index (χ2v) is 5.57. The van der Waals surface area contributed by atoms with Gasteiger partial charge in [-0.15, -0.1) is 0 Å². The van der Waals surface area contributed by atoms with Crippen molar-refractivity contribution in [2.24, 2.45) is 0 Å². The Kier molecular flexibility index (Phi) is 5.62. The Hall–Kier alpha value is -0.930. The van der Waals surface area contributed by atoms with Gasteiger partial charge in [-0.05, 0) is 48.4 Å². The monoisotopic (exact) mass is 262 g/mol. The highest BCUT2D eigenvalue weighted by atomic mass is 32.2. The fraction of sp³-hybridized carbons (Fsp3) is 0.467. The lowest BCUT2D eigenvalue weighted by atomic mass is 10.1. The summed E-state index contributed by atoms with van der Waals surface area (Å²) in [6.45, 7) is 2.08. The zero-order valence-corrected chi connectivity index (χ0v) is 11.9. The third-order valence-corrected chi connectivity index (χ3v) is 3.89. The minimum absolute atomic E-state index is 0.959. The molecular weight excluding hydrogens is 240 g/mol. The average molecular weight is 262 g/mol. The molecule has 0 saturated carbocycles. The van der Waals surface area contributed by atoms with Crippen molar-refractivity contribution in [3.8, 4) is 0 Å². The zero-order chi connectivity index (χ0) is 12.6. The Labute approximate surface area is 114 Å². The summed E-state index contributed by atoms with van der Waals surface area (Å²) in [7, 11) is 0. The van der Waals surface area contributed by atoms with E-state index < -0.39 is 0 Å². The van der Waals surface area contributed by atoms with Crippen LogP contribution in [0.5, 0.6) is 0 Å². The first-order valence-corrected chi connectivity index (χ1v) is 8.06. The number of benzene rings is 1. The molecule has 0 fully saturated rings. The van der Waals surface area contributed by atoms with E-state index in [0.29, 0.717) is 0 Å². The molecule has 0 unspecified atom stereocenters. The summed E-state index contributed by atoms with van der Waals surface area (Å²) >= 11 is 1.94. The van der Waals surface area contributed by atoms with Gasteiger partial charge in [0.1, 0.15) is 0 Å². The molecule has 0 aliphatic carbocycles. The molecule has 3 heteroatoms. The number of para-hydroxylation sites is 1. The average Bonchev–Trinajstić information content (AvgIpc) is 2.86. The van der Waals surface area contributed by atoms with Gasteiger partial charge in [-0.1, -0.05) is 24.6 Å². The van der Waals surface area contributed by atoms with Crippen LogP contribution in [0.25, 0.3) is 10.9 Å². The molecule has 0 aliphatic rings. The van der Waals surface area contributed by atoms with Gasteiger partial charge in [-0.25, -0.2) is 0 Å². The fourth-order valence-corrected chi connectivity index (χ4v) is 2.69. The molecule has 1 aromatic carbocycles. The Morgan fingerprint density at radius 1 is 1.17 bits per heavy atom. The highest BCUT2D eigenvalue weighted by molar-refractivity contribution is 7.98. The maximum atomic E-state index is 3.53. The van der Waals surface area contributed by atoms with Crippen molar-refractivity contribution in [1.82, 2.24) is 10.3 Å². The molecule has 2 aromatic rings. The van der Waals surface area contributed by atoms with E-state index in [2.05, 4.69) is 40.8 Å². The predicted octanol–water partition coefficient (Wildman–Crippen LogP) is 3.79. The molecule has 1 heterocycles. The summed E-state index contributed by atoms with van der Waals surface area (Å²) in [6.07, 6.45) is 8.14. The number of thioether (sulfide) groups is 1. The SMILES string of the molecule is CSCCCCCNCc1cccc2cc[nH]c12. The second-order valence-electron chi connectivity index (χ2n) is 4.59. The molecule has 18 heavy (non-hydrogen) atoms. The molecule has 0 aliphatic heterocycles. The fourth-order valence-electron chi connectivity index (χ4n) is 2.19. The number of unbranched alkanes of at least 4 members (excludes halogenated alkanes) is 2. The molecule has 0 spiro atoms. The van der Waals surface area contributed by atoms with Gasteiger partial charge in [-0.3, -0.25) is 0 Å². The Balaban J connectivity index is 1.72. The summed E-state index contributed by atoms with van der Waals surface area (Å²) in [5.41, 5.74) is 2.63. The van der Waals surface area contributed by atoms with Gasteiger partial charge in [0.25, 0.3) is 0 Å². The molecular formula is C15H22N2S. The molecule has 2 rings (SSSR count). The van der Waals surface area contributed by atoms with Gasteiger partial charge in [0.2, 0.25) is 0 Å². The number of hydrogen-bond acceptors (Lipinski definition) is 2. The molecule has 0 amide bonds. The largest absolute Gasteiger partial charge is 0.361 e. The van der Waals surface area contributed by atoms with Crippen LogP contribution in [-0.2, 0) is 6.54 Å². The van der Waals surface area contributed by atoms with Gasteiger partial charge in [0.15, 0.2) is 0 Å². The van der Waals surface area contributed by atoms with E-state index in [4.69, 9.17) is 0 Å². The van der Waals surface area contributed by atoms with E-state index in [1.165, 1.54) is 41.5 Å². The van der Waals surface area contributed by atoms with Crippen molar-refractivity contribution in [2.75, 3.05) is 18.6 Å². The van der Waals surface area contributed by atoms with Crippen LogP contribution in [0, 0.1) is 0 Å². The molecule has 98 valence electrons. The Morgan fingerprint density at radius 3 is 3.00 bits per heavy atom. The van der Waals surface area contributed by atoms with Crippen LogP contribution in [-0.4, -0.2) is 23.5 Å². The third-order valence-electron chi connectivity index (χ3n) is 3.19.